The largest absolute Gasteiger partial charge is 0.386 e. The van der Waals surface area contributed by atoms with Gasteiger partial charge in [0, 0.05) is 17.8 Å². The fourth-order valence-corrected chi connectivity index (χ4v) is 1.23. The number of hydrogen-bond acceptors (Lipinski definition) is 4. The number of rotatable bonds is 1. The van der Waals surface area contributed by atoms with E-state index in [0.717, 1.165) is 0 Å². The van der Waals surface area contributed by atoms with Crippen molar-refractivity contribution in [3.05, 3.63) is 33.7 Å². The molecule has 0 aromatic rings. The van der Waals surface area contributed by atoms with Crippen LogP contribution in [0.2, 0.25) is 0 Å². The van der Waals surface area contributed by atoms with Gasteiger partial charge in [0.05, 0.1) is 11.0 Å². The average molecular weight is 184 g/mol. The summed E-state index contributed by atoms with van der Waals surface area (Å²) in [5, 5.41) is 22.9. The van der Waals surface area contributed by atoms with Crippen LogP contribution in [0, 0.1) is 10.1 Å². The molecule has 1 aliphatic rings. The topological polar surface area (TPSA) is 75.4 Å². The smallest absolute Gasteiger partial charge is 0.272 e. The number of nitro groups is 1. The van der Waals surface area contributed by atoms with Crippen molar-refractivity contribution in [2.75, 3.05) is 0 Å². The third kappa shape index (κ3) is 1.86. The van der Waals surface area contributed by atoms with Gasteiger partial charge in [-0.05, 0) is 13.8 Å². The molecule has 1 aliphatic heterocycles. The Balaban J connectivity index is 3.06. The molecule has 0 radical (unpaired) electrons. The zero-order chi connectivity index (χ0) is 10.0. The van der Waals surface area contributed by atoms with E-state index in [1.165, 1.54) is 12.3 Å². The highest BCUT2D eigenvalue weighted by Gasteiger charge is 2.24. The highest BCUT2D eigenvalue weighted by atomic mass is 16.6. The van der Waals surface area contributed by atoms with Gasteiger partial charge in [0.15, 0.2) is 0 Å². The van der Waals surface area contributed by atoms with Gasteiger partial charge in [-0.3, -0.25) is 10.1 Å². The van der Waals surface area contributed by atoms with Crippen molar-refractivity contribution in [3.8, 4) is 0 Å². The van der Waals surface area contributed by atoms with Gasteiger partial charge in [0.2, 0.25) is 0 Å². The minimum atomic E-state index is -0.810. The third-order valence-electron chi connectivity index (χ3n) is 2.12. The molecule has 2 atom stereocenters. The Labute approximate surface area is 75.9 Å². The van der Waals surface area contributed by atoms with Crippen LogP contribution in [0.1, 0.15) is 13.8 Å². The maximum absolute atomic E-state index is 10.5. The normalized spacial score (nSPS) is 28.2. The summed E-state index contributed by atoms with van der Waals surface area (Å²) < 4.78 is 0. The molecule has 0 saturated carbocycles. The Morgan fingerprint density at radius 2 is 2.31 bits per heavy atom. The fraction of sp³-hybridized carbons (Fsp3) is 0.500. The Morgan fingerprint density at radius 1 is 1.69 bits per heavy atom. The zero-order valence-corrected chi connectivity index (χ0v) is 7.52. The highest BCUT2D eigenvalue weighted by Crippen LogP contribution is 2.16. The number of nitrogens with zero attached hydrogens (tertiary/aromatic N) is 1. The minimum Gasteiger partial charge on any atom is -0.386 e. The second kappa shape index (κ2) is 3.57. The summed E-state index contributed by atoms with van der Waals surface area (Å²) in [5.74, 6) is 0. The molecule has 2 N–H and O–H groups in total. The summed E-state index contributed by atoms with van der Waals surface area (Å²) in [6.07, 6.45) is 2.04. The molecule has 1 heterocycles. The lowest BCUT2D eigenvalue weighted by atomic mass is 10.0. The molecule has 5 nitrogen and oxygen atoms in total. The molecule has 0 aliphatic carbocycles. The van der Waals surface area contributed by atoms with Crippen molar-refractivity contribution < 1.29 is 10.0 Å². The minimum absolute atomic E-state index is 0.0376. The lowest BCUT2D eigenvalue weighted by molar-refractivity contribution is -0.420. The Kier molecular flexibility index (Phi) is 2.67. The predicted molar refractivity (Wildman–Crippen MR) is 47.4 cm³/mol. The van der Waals surface area contributed by atoms with Crippen molar-refractivity contribution in [1.82, 2.24) is 5.32 Å². The number of hydrogen-bond donors (Lipinski definition) is 2. The zero-order valence-electron chi connectivity index (χ0n) is 7.52. The first kappa shape index (κ1) is 9.73. The van der Waals surface area contributed by atoms with Crippen LogP contribution in [0.25, 0.3) is 0 Å². The summed E-state index contributed by atoms with van der Waals surface area (Å²) in [7, 11) is 0. The lowest BCUT2D eigenvalue weighted by Crippen LogP contribution is -2.34. The van der Waals surface area contributed by atoms with Crippen molar-refractivity contribution >= 4 is 0 Å². The van der Waals surface area contributed by atoms with Crippen LogP contribution in [-0.2, 0) is 0 Å². The molecular formula is C8H12N2O3. The van der Waals surface area contributed by atoms with Crippen LogP contribution in [0.15, 0.2) is 23.5 Å². The van der Waals surface area contributed by atoms with E-state index in [1.54, 1.807) is 13.8 Å². The number of aliphatic hydroxyl groups excluding tert-OH is 1. The van der Waals surface area contributed by atoms with Gasteiger partial charge in [0.1, 0.15) is 6.10 Å². The van der Waals surface area contributed by atoms with Gasteiger partial charge < -0.3 is 10.4 Å². The van der Waals surface area contributed by atoms with Crippen molar-refractivity contribution in [2.45, 2.75) is 26.0 Å². The summed E-state index contributed by atoms with van der Waals surface area (Å²) in [6, 6.07) is -0.200. The van der Waals surface area contributed by atoms with Crippen LogP contribution in [-0.4, -0.2) is 22.2 Å². The summed E-state index contributed by atoms with van der Waals surface area (Å²) in [5.41, 5.74) is 0.350. The van der Waals surface area contributed by atoms with Crippen molar-refractivity contribution in [1.29, 1.82) is 0 Å². The predicted octanol–water partition coefficient (Wildman–Crippen LogP) is 0.403. The fourth-order valence-electron chi connectivity index (χ4n) is 1.23. The van der Waals surface area contributed by atoms with E-state index in [9.17, 15) is 15.2 Å². The molecule has 0 bridgehead atoms. The van der Waals surface area contributed by atoms with E-state index in [0.29, 0.717) is 5.57 Å². The van der Waals surface area contributed by atoms with Gasteiger partial charge in [-0.15, -0.1) is 0 Å². The molecule has 0 saturated heterocycles. The lowest BCUT2D eigenvalue weighted by Gasteiger charge is -2.16. The van der Waals surface area contributed by atoms with E-state index in [1.807, 2.05) is 0 Å². The average Bonchev–Trinajstić information content (AvgIpc) is 2.18. The SMILES string of the molecule is CC1=C([N+](=O)[O-])C=CNC(C)C1O. The van der Waals surface area contributed by atoms with Crippen LogP contribution in [0.5, 0.6) is 0 Å². The second-order valence-corrected chi connectivity index (χ2v) is 3.06. The van der Waals surface area contributed by atoms with E-state index in [2.05, 4.69) is 5.32 Å². The molecular weight excluding hydrogens is 172 g/mol. The van der Waals surface area contributed by atoms with E-state index < -0.39 is 11.0 Å². The second-order valence-electron chi connectivity index (χ2n) is 3.06. The van der Waals surface area contributed by atoms with E-state index in [4.69, 9.17) is 0 Å². The first-order valence-corrected chi connectivity index (χ1v) is 4.00. The van der Waals surface area contributed by atoms with Gasteiger partial charge in [-0.1, -0.05) is 0 Å². The van der Waals surface area contributed by atoms with Crippen molar-refractivity contribution in [3.63, 3.8) is 0 Å². The first-order chi connectivity index (χ1) is 6.04. The Hall–Kier alpha value is -1.36. The first-order valence-electron chi connectivity index (χ1n) is 4.00. The number of aliphatic hydroxyl groups is 1. The molecule has 2 unspecified atom stereocenters. The number of allylic oxidation sites excluding steroid dienone is 1. The van der Waals surface area contributed by atoms with Crippen molar-refractivity contribution in [2.24, 2.45) is 0 Å². The third-order valence-corrected chi connectivity index (χ3v) is 2.12. The van der Waals surface area contributed by atoms with E-state index in [-0.39, 0.29) is 11.7 Å². The molecule has 0 aromatic heterocycles. The quantitative estimate of drug-likeness (QED) is 0.457. The van der Waals surface area contributed by atoms with Crippen LogP contribution in [0.4, 0.5) is 0 Å². The molecule has 0 aromatic carbocycles. The molecule has 1 rings (SSSR count). The maximum Gasteiger partial charge on any atom is 0.272 e. The Bertz CT molecular complexity index is 283. The summed E-state index contributed by atoms with van der Waals surface area (Å²) in [4.78, 5) is 10.0. The van der Waals surface area contributed by atoms with E-state index >= 15 is 0 Å². The molecule has 0 spiro atoms. The van der Waals surface area contributed by atoms with Gasteiger partial charge in [0.25, 0.3) is 5.70 Å². The molecule has 5 heteroatoms. The summed E-state index contributed by atoms with van der Waals surface area (Å²) in [6.45, 7) is 3.33. The maximum atomic E-state index is 10.5. The Morgan fingerprint density at radius 3 is 2.85 bits per heavy atom. The van der Waals surface area contributed by atoms with Gasteiger partial charge in [-0.2, -0.15) is 0 Å². The molecule has 13 heavy (non-hydrogen) atoms. The summed E-state index contributed by atoms with van der Waals surface area (Å²) >= 11 is 0. The monoisotopic (exact) mass is 184 g/mol. The molecule has 0 fully saturated rings. The van der Waals surface area contributed by atoms with Crippen LogP contribution >= 0.6 is 0 Å². The molecule has 72 valence electrons. The van der Waals surface area contributed by atoms with Gasteiger partial charge >= 0.3 is 0 Å². The number of nitrogens with one attached hydrogen (secondary N) is 1. The standard InChI is InChI=1S/C8H12N2O3/c1-5-7(10(12)13)3-4-9-6(2)8(5)11/h3-4,6,8-9,11H,1-2H3. The van der Waals surface area contributed by atoms with Crippen LogP contribution in [0.3, 0.4) is 0 Å². The van der Waals surface area contributed by atoms with Crippen LogP contribution < -0.4 is 5.32 Å². The molecule has 0 amide bonds. The van der Waals surface area contributed by atoms with Gasteiger partial charge in [-0.25, -0.2) is 0 Å². The highest BCUT2D eigenvalue weighted by molar-refractivity contribution is 5.24.